The number of halogens is 1. The zero-order chi connectivity index (χ0) is 22.5. The Balaban J connectivity index is 1.31. The van der Waals surface area contributed by atoms with Crippen LogP contribution in [0.4, 0.5) is 10.5 Å². The number of benzene rings is 2. The first-order chi connectivity index (χ1) is 15.5. The lowest BCUT2D eigenvalue weighted by Crippen LogP contribution is -2.33. The van der Waals surface area contributed by atoms with Gasteiger partial charge in [-0.15, -0.1) is 0 Å². The first-order valence-electron chi connectivity index (χ1n) is 10.5. The Morgan fingerprint density at radius 1 is 1.09 bits per heavy atom. The van der Waals surface area contributed by atoms with Gasteiger partial charge < -0.3 is 19.6 Å². The maximum Gasteiger partial charge on any atom is 0.321 e. The van der Waals surface area contributed by atoms with Crippen LogP contribution in [0.15, 0.2) is 53.1 Å². The summed E-state index contributed by atoms with van der Waals surface area (Å²) in [7, 11) is 1.70. The standard InChI is InChI=1S/C23H24ClN5O3/c1-28(23(31)25-19-10-8-18(24)9-11-19)15-12-20-26-21(32-27-20)16-4-6-17(7-5-16)22(30)29-13-2-3-14-29/h4-11H,2-3,12-15H2,1H3,(H,25,31). The molecule has 0 bridgehead atoms. The van der Waals surface area contributed by atoms with E-state index in [4.69, 9.17) is 16.1 Å². The van der Waals surface area contributed by atoms with E-state index in [0.29, 0.717) is 41.0 Å². The van der Waals surface area contributed by atoms with Gasteiger partial charge in [-0.3, -0.25) is 4.79 Å². The lowest BCUT2D eigenvalue weighted by Gasteiger charge is -2.17. The molecule has 0 unspecified atom stereocenters. The summed E-state index contributed by atoms with van der Waals surface area (Å²) in [5, 5.41) is 7.42. The topological polar surface area (TPSA) is 91.6 Å². The number of urea groups is 1. The molecule has 1 saturated heterocycles. The van der Waals surface area contributed by atoms with Crippen molar-refractivity contribution in [2.75, 3.05) is 32.0 Å². The van der Waals surface area contributed by atoms with Crippen LogP contribution in [0.1, 0.15) is 29.0 Å². The van der Waals surface area contributed by atoms with Gasteiger partial charge in [0, 0.05) is 54.9 Å². The van der Waals surface area contributed by atoms with Crippen molar-refractivity contribution < 1.29 is 14.1 Å². The van der Waals surface area contributed by atoms with Crippen molar-refractivity contribution in [2.24, 2.45) is 0 Å². The van der Waals surface area contributed by atoms with Gasteiger partial charge in [0.15, 0.2) is 5.82 Å². The number of carbonyl (C=O) groups is 2. The van der Waals surface area contributed by atoms with E-state index in [1.807, 2.05) is 17.0 Å². The number of hydrogen-bond acceptors (Lipinski definition) is 5. The predicted molar refractivity (Wildman–Crippen MR) is 122 cm³/mol. The fourth-order valence-electron chi connectivity index (χ4n) is 3.45. The molecule has 2 aromatic carbocycles. The highest BCUT2D eigenvalue weighted by molar-refractivity contribution is 6.30. The second kappa shape index (κ2) is 9.82. The zero-order valence-electron chi connectivity index (χ0n) is 17.8. The summed E-state index contributed by atoms with van der Waals surface area (Å²) in [6, 6.07) is 13.9. The third-order valence-corrected chi connectivity index (χ3v) is 5.61. The van der Waals surface area contributed by atoms with Gasteiger partial charge in [-0.05, 0) is 61.4 Å². The van der Waals surface area contributed by atoms with E-state index in [0.717, 1.165) is 31.5 Å². The summed E-state index contributed by atoms with van der Waals surface area (Å²) >= 11 is 5.86. The zero-order valence-corrected chi connectivity index (χ0v) is 18.5. The Hall–Kier alpha value is -3.39. The molecule has 0 aliphatic carbocycles. The van der Waals surface area contributed by atoms with Gasteiger partial charge in [0.2, 0.25) is 0 Å². The third-order valence-electron chi connectivity index (χ3n) is 5.35. The summed E-state index contributed by atoms with van der Waals surface area (Å²) in [6.07, 6.45) is 2.57. The van der Waals surface area contributed by atoms with Crippen molar-refractivity contribution in [3.63, 3.8) is 0 Å². The molecule has 8 nitrogen and oxygen atoms in total. The number of nitrogens with zero attached hydrogens (tertiary/aromatic N) is 4. The normalized spacial score (nSPS) is 13.2. The third kappa shape index (κ3) is 5.26. The minimum atomic E-state index is -0.241. The molecule has 3 aromatic rings. The Bertz CT molecular complexity index is 1080. The molecule has 3 amide bonds. The molecule has 1 aliphatic heterocycles. The van der Waals surface area contributed by atoms with Gasteiger partial charge in [0.1, 0.15) is 0 Å². The van der Waals surface area contributed by atoms with Crippen LogP contribution in [0, 0.1) is 0 Å². The molecule has 0 spiro atoms. The Morgan fingerprint density at radius 2 is 1.78 bits per heavy atom. The highest BCUT2D eigenvalue weighted by atomic mass is 35.5. The number of likely N-dealkylation sites (N-methyl/N-ethyl adjacent to an activating group) is 1. The fourth-order valence-corrected chi connectivity index (χ4v) is 3.58. The van der Waals surface area contributed by atoms with Gasteiger partial charge in [-0.1, -0.05) is 16.8 Å². The van der Waals surface area contributed by atoms with E-state index < -0.39 is 0 Å². The van der Waals surface area contributed by atoms with Crippen molar-refractivity contribution in [3.05, 3.63) is 64.9 Å². The van der Waals surface area contributed by atoms with E-state index in [1.54, 1.807) is 48.3 Å². The Kier molecular flexibility index (Phi) is 6.70. The number of likely N-dealkylation sites (tertiary alicyclic amines) is 1. The van der Waals surface area contributed by atoms with Crippen molar-refractivity contribution in [1.82, 2.24) is 19.9 Å². The molecule has 2 heterocycles. The molecule has 32 heavy (non-hydrogen) atoms. The summed E-state index contributed by atoms with van der Waals surface area (Å²) in [5.74, 6) is 0.942. The molecule has 0 atom stereocenters. The molecule has 1 N–H and O–H groups in total. The van der Waals surface area contributed by atoms with Crippen molar-refractivity contribution in [2.45, 2.75) is 19.3 Å². The number of rotatable bonds is 6. The number of aromatic nitrogens is 2. The minimum Gasteiger partial charge on any atom is -0.339 e. The first kappa shape index (κ1) is 21.8. The summed E-state index contributed by atoms with van der Waals surface area (Å²) in [4.78, 5) is 32.6. The van der Waals surface area contributed by atoms with Gasteiger partial charge in [-0.2, -0.15) is 4.98 Å². The quantitative estimate of drug-likeness (QED) is 0.599. The molecule has 166 valence electrons. The van der Waals surface area contributed by atoms with Crippen molar-refractivity contribution in [1.29, 1.82) is 0 Å². The number of anilines is 1. The molecule has 1 fully saturated rings. The fraction of sp³-hybridized carbons (Fsp3) is 0.304. The van der Waals surface area contributed by atoms with Crippen LogP contribution in [0.3, 0.4) is 0 Å². The lowest BCUT2D eigenvalue weighted by molar-refractivity contribution is 0.0793. The van der Waals surface area contributed by atoms with Gasteiger partial charge in [0.25, 0.3) is 11.8 Å². The maximum absolute atomic E-state index is 12.5. The molecule has 0 saturated carbocycles. The van der Waals surface area contributed by atoms with Crippen LogP contribution in [-0.2, 0) is 6.42 Å². The van der Waals surface area contributed by atoms with Crippen molar-refractivity contribution in [3.8, 4) is 11.5 Å². The Morgan fingerprint density at radius 3 is 2.47 bits per heavy atom. The van der Waals surface area contributed by atoms with Gasteiger partial charge >= 0.3 is 6.03 Å². The van der Waals surface area contributed by atoms with E-state index in [-0.39, 0.29) is 11.9 Å². The van der Waals surface area contributed by atoms with Crippen LogP contribution in [-0.4, -0.2) is 58.6 Å². The van der Waals surface area contributed by atoms with Crippen LogP contribution in [0.5, 0.6) is 0 Å². The van der Waals surface area contributed by atoms with Crippen LogP contribution in [0.2, 0.25) is 5.02 Å². The van der Waals surface area contributed by atoms with E-state index in [2.05, 4.69) is 15.5 Å². The Labute approximate surface area is 191 Å². The van der Waals surface area contributed by atoms with E-state index in [1.165, 1.54) is 0 Å². The van der Waals surface area contributed by atoms with E-state index >= 15 is 0 Å². The van der Waals surface area contributed by atoms with Gasteiger partial charge in [0.05, 0.1) is 0 Å². The SMILES string of the molecule is CN(CCc1noc(-c2ccc(C(=O)N3CCCC3)cc2)n1)C(=O)Nc1ccc(Cl)cc1. The summed E-state index contributed by atoms with van der Waals surface area (Å²) in [5.41, 5.74) is 2.07. The average Bonchev–Trinajstić information content (AvgIpc) is 3.51. The van der Waals surface area contributed by atoms with E-state index in [9.17, 15) is 9.59 Å². The largest absolute Gasteiger partial charge is 0.339 e. The summed E-state index contributed by atoms with van der Waals surface area (Å²) < 4.78 is 5.36. The lowest BCUT2D eigenvalue weighted by atomic mass is 10.1. The molecule has 4 rings (SSSR count). The molecule has 1 aliphatic rings. The number of carbonyl (C=O) groups excluding carboxylic acids is 2. The minimum absolute atomic E-state index is 0.0557. The van der Waals surface area contributed by atoms with Crippen molar-refractivity contribution >= 4 is 29.2 Å². The highest BCUT2D eigenvalue weighted by Gasteiger charge is 2.20. The van der Waals surface area contributed by atoms with Crippen LogP contribution < -0.4 is 5.32 Å². The first-order valence-corrected chi connectivity index (χ1v) is 10.9. The molecular weight excluding hydrogens is 430 g/mol. The predicted octanol–water partition coefficient (Wildman–Crippen LogP) is 4.33. The summed E-state index contributed by atoms with van der Waals surface area (Å²) in [6.45, 7) is 2.06. The molecule has 1 aromatic heterocycles. The molecule has 9 heteroatoms. The van der Waals surface area contributed by atoms with Crippen LogP contribution >= 0.6 is 11.6 Å². The number of hydrogen-bond donors (Lipinski definition) is 1. The monoisotopic (exact) mass is 453 g/mol. The smallest absolute Gasteiger partial charge is 0.321 e. The second-order valence-electron chi connectivity index (χ2n) is 7.70. The number of amides is 3. The van der Waals surface area contributed by atoms with Gasteiger partial charge in [-0.25, -0.2) is 4.79 Å². The van der Waals surface area contributed by atoms with Crippen LogP contribution in [0.25, 0.3) is 11.5 Å². The second-order valence-corrected chi connectivity index (χ2v) is 8.14. The number of nitrogens with one attached hydrogen (secondary N) is 1. The average molecular weight is 454 g/mol. The molecule has 0 radical (unpaired) electrons. The highest BCUT2D eigenvalue weighted by Crippen LogP contribution is 2.20. The molecular formula is C23H24ClN5O3. The maximum atomic E-state index is 12.5.